The summed E-state index contributed by atoms with van der Waals surface area (Å²) in [5, 5.41) is 1.96. The molecule has 4 nitrogen and oxygen atoms in total. The molecule has 1 aromatic heterocycles. The Morgan fingerprint density at radius 3 is 2.62 bits per heavy atom. The van der Waals surface area contributed by atoms with Crippen molar-refractivity contribution in [1.82, 2.24) is 0 Å². The average molecular weight is 330 g/mol. The Kier molecular flexibility index (Phi) is 6.14. The van der Waals surface area contributed by atoms with Gasteiger partial charge in [0.1, 0.15) is 5.82 Å². The van der Waals surface area contributed by atoms with Crippen LogP contribution < -0.4 is 16.4 Å². The summed E-state index contributed by atoms with van der Waals surface area (Å²) in [4.78, 5) is 14.2. The van der Waals surface area contributed by atoms with Crippen LogP contribution in [0, 0.1) is 12.7 Å². The highest BCUT2D eigenvalue weighted by molar-refractivity contribution is 7.10. The number of primary amides is 1. The fourth-order valence-electron chi connectivity index (χ4n) is 1.97. The van der Waals surface area contributed by atoms with E-state index in [2.05, 4.69) is 0 Å². The molecule has 1 heterocycles. The van der Waals surface area contributed by atoms with Crippen molar-refractivity contribution in [3.63, 3.8) is 0 Å². The maximum atomic E-state index is 13.3. The highest BCUT2D eigenvalue weighted by atomic mass is 35.5. The fraction of sp³-hybridized carbons (Fsp3) is 0.214. The quantitative estimate of drug-likeness (QED) is 0.904. The van der Waals surface area contributed by atoms with Crippen molar-refractivity contribution in [2.45, 2.75) is 20.0 Å². The second-order valence-corrected chi connectivity index (χ2v) is 5.43. The molecule has 2 amide bonds. The number of anilines is 1. The minimum absolute atomic E-state index is 0. The largest absolute Gasteiger partial charge is 0.351 e. The van der Waals surface area contributed by atoms with Gasteiger partial charge >= 0.3 is 6.03 Å². The highest BCUT2D eigenvalue weighted by Crippen LogP contribution is 2.26. The number of hydrogen-bond acceptors (Lipinski definition) is 3. The van der Waals surface area contributed by atoms with Gasteiger partial charge in [-0.2, -0.15) is 0 Å². The van der Waals surface area contributed by atoms with E-state index in [1.54, 1.807) is 11.3 Å². The Labute approximate surface area is 133 Å². The van der Waals surface area contributed by atoms with Gasteiger partial charge in [0.2, 0.25) is 0 Å². The van der Waals surface area contributed by atoms with Crippen molar-refractivity contribution in [2.24, 2.45) is 11.5 Å². The molecule has 0 bridgehead atoms. The number of benzene rings is 1. The zero-order valence-corrected chi connectivity index (χ0v) is 13.1. The van der Waals surface area contributed by atoms with E-state index in [0.717, 1.165) is 10.4 Å². The number of urea groups is 1. The first kappa shape index (κ1) is 17.4. The van der Waals surface area contributed by atoms with Gasteiger partial charge in [-0.05, 0) is 47.7 Å². The molecule has 2 aromatic rings. The van der Waals surface area contributed by atoms with Gasteiger partial charge in [0.05, 0.1) is 12.2 Å². The summed E-state index contributed by atoms with van der Waals surface area (Å²) < 4.78 is 13.3. The molecule has 0 aliphatic rings. The van der Waals surface area contributed by atoms with E-state index in [1.165, 1.54) is 23.1 Å². The van der Waals surface area contributed by atoms with E-state index < -0.39 is 6.03 Å². The number of halogens is 2. The van der Waals surface area contributed by atoms with Crippen LogP contribution in [0.2, 0.25) is 0 Å². The first-order chi connectivity index (χ1) is 9.52. The van der Waals surface area contributed by atoms with E-state index in [0.29, 0.717) is 17.8 Å². The van der Waals surface area contributed by atoms with Crippen LogP contribution in [-0.2, 0) is 13.1 Å². The Balaban J connectivity index is 0.00000220. The Morgan fingerprint density at radius 1 is 1.38 bits per heavy atom. The molecule has 0 saturated heterocycles. The number of carbonyl (C=O) groups excluding carboxylic acids is 1. The van der Waals surface area contributed by atoms with Gasteiger partial charge < -0.3 is 11.5 Å². The summed E-state index contributed by atoms with van der Waals surface area (Å²) in [5.41, 5.74) is 13.3. The van der Waals surface area contributed by atoms with Crippen molar-refractivity contribution in [1.29, 1.82) is 0 Å². The van der Waals surface area contributed by atoms with Gasteiger partial charge in [0.15, 0.2) is 0 Å². The average Bonchev–Trinajstić information content (AvgIpc) is 2.81. The monoisotopic (exact) mass is 329 g/mol. The Hall–Kier alpha value is -1.63. The molecule has 2 rings (SSSR count). The molecule has 0 saturated carbocycles. The molecular weight excluding hydrogens is 313 g/mol. The minimum atomic E-state index is -0.584. The lowest BCUT2D eigenvalue weighted by molar-refractivity contribution is 0.253. The van der Waals surface area contributed by atoms with Gasteiger partial charge in [-0.15, -0.1) is 23.7 Å². The summed E-state index contributed by atoms with van der Waals surface area (Å²) >= 11 is 1.55. The van der Waals surface area contributed by atoms with Crippen molar-refractivity contribution in [3.05, 3.63) is 51.5 Å². The third-order valence-electron chi connectivity index (χ3n) is 3.09. The highest BCUT2D eigenvalue weighted by Gasteiger charge is 2.18. The molecule has 0 radical (unpaired) electrons. The molecule has 21 heavy (non-hydrogen) atoms. The summed E-state index contributed by atoms with van der Waals surface area (Å²) in [6.07, 6.45) is 0. The van der Waals surface area contributed by atoms with Gasteiger partial charge in [-0.25, -0.2) is 9.18 Å². The third-order valence-corrected chi connectivity index (χ3v) is 4.10. The summed E-state index contributed by atoms with van der Waals surface area (Å²) in [5.74, 6) is -0.383. The number of hydrogen-bond donors (Lipinski definition) is 2. The number of aryl methyl sites for hydroxylation is 1. The number of rotatable bonds is 4. The van der Waals surface area contributed by atoms with E-state index in [-0.39, 0.29) is 24.8 Å². The van der Waals surface area contributed by atoms with Crippen molar-refractivity contribution >= 4 is 35.5 Å². The van der Waals surface area contributed by atoms with Crippen LogP contribution >= 0.6 is 23.7 Å². The molecule has 0 spiro atoms. The van der Waals surface area contributed by atoms with Gasteiger partial charge in [-0.3, -0.25) is 4.90 Å². The predicted molar refractivity (Wildman–Crippen MR) is 86.4 cm³/mol. The molecule has 0 atom stereocenters. The maximum Gasteiger partial charge on any atom is 0.319 e. The number of thiophene rings is 1. The van der Waals surface area contributed by atoms with Gasteiger partial charge in [-0.1, -0.05) is 0 Å². The Morgan fingerprint density at radius 2 is 2.10 bits per heavy atom. The van der Waals surface area contributed by atoms with Gasteiger partial charge in [0.25, 0.3) is 0 Å². The molecular formula is C14H17ClFN3OS. The molecule has 0 unspecified atom stereocenters. The van der Waals surface area contributed by atoms with Crippen LogP contribution in [-0.4, -0.2) is 6.03 Å². The molecule has 0 aliphatic heterocycles. The third kappa shape index (κ3) is 3.93. The molecule has 0 aliphatic carbocycles. The van der Waals surface area contributed by atoms with E-state index in [9.17, 15) is 9.18 Å². The summed E-state index contributed by atoms with van der Waals surface area (Å²) in [6, 6.07) is 5.55. The SMILES string of the molecule is Cc1ccsc1CN(C(N)=O)c1ccc(F)cc1CN.Cl. The number of carbonyl (C=O) groups is 1. The summed E-state index contributed by atoms with van der Waals surface area (Å²) in [7, 11) is 0. The van der Waals surface area contributed by atoms with E-state index >= 15 is 0 Å². The zero-order chi connectivity index (χ0) is 14.7. The number of amides is 2. The fourth-order valence-corrected chi connectivity index (χ4v) is 2.87. The lowest BCUT2D eigenvalue weighted by Crippen LogP contribution is -2.36. The van der Waals surface area contributed by atoms with Crippen LogP contribution in [0.1, 0.15) is 16.0 Å². The topological polar surface area (TPSA) is 72.3 Å². The second kappa shape index (κ2) is 7.40. The lowest BCUT2D eigenvalue weighted by Gasteiger charge is -2.23. The number of nitrogens with zero attached hydrogens (tertiary/aromatic N) is 1. The smallest absolute Gasteiger partial charge is 0.319 e. The van der Waals surface area contributed by atoms with Crippen LogP contribution in [0.5, 0.6) is 0 Å². The van der Waals surface area contributed by atoms with Crippen LogP contribution in [0.3, 0.4) is 0 Å². The first-order valence-corrected chi connectivity index (χ1v) is 6.99. The predicted octanol–water partition coefficient (Wildman–Crippen LogP) is 3.16. The van der Waals surface area contributed by atoms with Crippen LogP contribution in [0.4, 0.5) is 14.9 Å². The minimum Gasteiger partial charge on any atom is -0.351 e. The van der Waals surface area contributed by atoms with Crippen molar-refractivity contribution in [3.8, 4) is 0 Å². The normalized spacial score (nSPS) is 10.0. The van der Waals surface area contributed by atoms with E-state index in [1.807, 2.05) is 18.4 Å². The molecule has 114 valence electrons. The first-order valence-electron chi connectivity index (χ1n) is 6.11. The lowest BCUT2D eigenvalue weighted by atomic mass is 10.1. The maximum absolute atomic E-state index is 13.3. The van der Waals surface area contributed by atoms with Crippen LogP contribution in [0.15, 0.2) is 29.6 Å². The summed E-state index contributed by atoms with van der Waals surface area (Å²) in [6.45, 7) is 2.47. The molecule has 4 N–H and O–H groups in total. The molecule has 1 aromatic carbocycles. The van der Waals surface area contributed by atoms with Gasteiger partial charge in [0, 0.05) is 11.4 Å². The van der Waals surface area contributed by atoms with E-state index in [4.69, 9.17) is 11.5 Å². The van der Waals surface area contributed by atoms with Crippen molar-refractivity contribution in [2.75, 3.05) is 4.90 Å². The molecule has 0 fully saturated rings. The second-order valence-electron chi connectivity index (χ2n) is 4.43. The Bertz CT molecular complexity index is 632. The zero-order valence-electron chi connectivity index (χ0n) is 11.5. The number of nitrogens with two attached hydrogens (primary N) is 2. The standard InChI is InChI=1S/C14H16FN3OS.ClH/c1-9-4-5-20-13(9)8-18(14(17)19)12-3-2-11(15)6-10(12)7-16;/h2-6H,7-8,16H2,1H3,(H2,17,19);1H. The van der Waals surface area contributed by atoms with Crippen molar-refractivity contribution < 1.29 is 9.18 Å². The van der Waals surface area contributed by atoms with Crippen LogP contribution in [0.25, 0.3) is 0 Å². The molecule has 7 heteroatoms.